The van der Waals surface area contributed by atoms with E-state index in [-0.39, 0.29) is 23.1 Å². The number of alkyl halides is 2. The van der Waals surface area contributed by atoms with Gasteiger partial charge in [0.2, 0.25) is 5.91 Å². The van der Waals surface area contributed by atoms with Crippen LogP contribution in [0, 0.1) is 0 Å². The summed E-state index contributed by atoms with van der Waals surface area (Å²) in [6, 6.07) is 13.6. The Hall–Kier alpha value is -2.61. The van der Waals surface area contributed by atoms with E-state index in [0.717, 1.165) is 11.0 Å². The highest BCUT2D eigenvalue weighted by Crippen LogP contribution is 2.26. The molecule has 0 atom stereocenters. The van der Waals surface area contributed by atoms with Gasteiger partial charge in [-0.2, -0.15) is 8.78 Å². The number of aromatic nitrogens is 2. The van der Waals surface area contributed by atoms with Crippen LogP contribution in [0.3, 0.4) is 0 Å². The highest BCUT2D eigenvalue weighted by Gasteiger charge is 2.12. The Kier molecular flexibility index (Phi) is 4.95. The van der Waals surface area contributed by atoms with E-state index in [4.69, 9.17) is 0 Å². The Balaban J connectivity index is 1.61. The third-order valence-electron chi connectivity index (χ3n) is 3.08. The van der Waals surface area contributed by atoms with Crippen molar-refractivity contribution in [3.05, 3.63) is 48.5 Å². The molecular formula is C16H13F2N3O2S. The summed E-state index contributed by atoms with van der Waals surface area (Å²) in [5.74, 6) is -0.330. The number of hydrogen-bond acceptors (Lipinski definition) is 4. The number of carbonyl (C=O) groups excluding carboxylic acids is 1. The second kappa shape index (κ2) is 7.31. The average molecular weight is 349 g/mol. The van der Waals surface area contributed by atoms with Crippen molar-refractivity contribution < 1.29 is 18.3 Å². The van der Waals surface area contributed by atoms with E-state index in [2.05, 4.69) is 20.0 Å². The van der Waals surface area contributed by atoms with Crippen molar-refractivity contribution >= 4 is 34.4 Å². The summed E-state index contributed by atoms with van der Waals surface area (Å²) >= 11 is 1.23. The fourth-order valence-corrected chi connectivity index (χ4v) is 2.77. The van der Waals surface area contributed by atoms with Crippen LogP contribution in [-0.4, -0.2) is 28.2 Å². The molecule has 124 valence electrons. The molecule has 0 aliphatic carbocycles. The van der Waals surface area contributed by atoms with Crippen LogP contribution in [0.4, 0.5) is 14.5 Å². The van der Waals surface area contributed by atoms with Gasteiger partial charge in [-0.05, 0) is 24.3 Å². The Morgan fingerprint density at radius 2 is 1.96 bits per heavy atom. The molecule has 0 saturated heterocycles. The maximum Gasteiger partial charge on any atom is 0.387 e. The zero-order chi connectivity index (χ0) is 16.9. The molecule has 0 aliphatic heterocycles. The molecule has 8 heteroatoms. The molecule has 2 N–H and O–H groups in total. The number of hydrogen-bond donors (Lipinski definition) is 2. The molecule has 1 aromatic heterocycles. The molecule has 0 aliphatic rings. The van der Waals surface area contributed by atoms with Gasteiger partial charge in [0.1, 0.15) is 5.75 Å². The first-order chi connectivity index (χ1) is 11.6. The first-order valence-corrected chi connectivity index (χ1v) is 8.01. The second-order valence-electron chi connectivity index (χ2n) is 4.77. The van der Waals surface area contributed by atoms with Gasteiger partial charge in [0.25, 0.3) is 0 Å². The number of ether oxygens (including phenoxy) is 1. The monoisotopic (exact) mass is 349 g/mol. The predicted molar refractivity (Wildman–Crippen MR) is 88.5 cm³/mol. The maximum absolute atomic E-state index is 12.4. The zero-order valence-electron chi connectivity index (χ0n) is 12.3. The smallest absolute Gasteiger partial charge is 0.387 e. The second-order valence-corrected chi connectivity index (χ2v) is 5.73. The lowest BCUT2D eigenvalue weighted by molar-refractivity contribution is -0.113. The van der Waals surface area contributed by atoms with E-state index in [1.54, 1.807) is 12.1 Å². The maximum atomic E-state index is 12.4. The molecule has 5 nitrogen and oxygen atoms in total. The number of para-hydroxylation sites is 4. The predicted octanol–water partition coefficient (Wildman–Crippen LogP) is 3.90. The van der Waals surface area contributed by atoms with Crippen molar-refractivity contribution in [2.45, 2.75) is 11.8 Å². The normalized spacial score (nSPS) is 11.0. The minimum absolute atomic E-state index is 0.0745. The van der Waals surface area contributed by atoms with Crippen LogP contribution in [0.15, 0.2) is 53.7 Å². The number of imidazole rings is 1. The lowest BCUT2D eigenvalue weighted by atomic mass is 10.3. The van der Waals surface area contributed by atoms with Crippen LogP contribution in [0.25, 0.3) is 11.0 Å². The Labute approximate surface area is 140 Å². The number of fused-ring (bicyclic) bond motifs is 1. The van der Waals surface area contributed by atoms with Gasteiger partial charge < -0.3 is 15.0 Å². The summed E-state index contributed by atoms with van der Waals surface area (Å²) in [6.07, 6.45) is 0. The van der Waals surface area contributed by atoms with Gasteiger partial charge in [0, 0.05) is 0 Å². The molecule has 0 saturated carbocycles. The summed E-state index contributed by atoms with van der Waals surface area (Å²) in [5, 5.41) is 3.17. The van der Waals surface area contributed by atoms with Crippen molar-refractivity contribution in [3.63, 3.8) is 0 Å². The van der Waals surface area contributed by atoms with Crippen molar-refractivity contribution in [3.8, 4) is 5.75 Å². The molecule has 1 amide bonds. The molecule has 0 fully saturated rings. The Bertz CT molecular complexity index is 821. The van der Waals surface area contributed by atoms with Crippen molar-refractivity contribution in [1.29, 1.82) is 0 Å². The minimum atomic E-state index is -2.95. The lowest BCUT2D eigenvalue weighted by Crippen LogP contribution is -2.15. The van der Waals surface area contributed by atoms with E-state index in [0.29, 0.717) is 5.16 Å². The summed E-state index contributed by atoms with van der Waals surface area (Å²) in [6.45, 7) is -2.95. The topological polar surface area (TPSA) is 67.0 Å². The Morgan fingerprint density at radius 3 is 2.75 bits per heavy atom. The van der Waals surface area contributed by atoms with Crippen LogP contribution in [0.2, 0.25) is 0 Å². The van der Waals surface area contributed by atoms with Gasteiger partial charge in [-0.15, -0.1) is 0 Å². The van der Waals surface area contributed by atoms with Gasteiger partial charge in [-0.1, -0.05) is 36.0 Å². The van der Waals surface area contributed by atoms with Gasteiger partial charge in [0.05, 0.1) is 22.5 Å². The summed E-state index contributed by atoms with van der Waals surface area (Å²) in [4.78, 5) is 19.5. The van der Waals surface area contributed by atoms with Crippen LogP contribution < -0.4 is 10.1 Å². The molecule has 2 aromatic carbocycles. The number of benzene rings is 2. The minimum Gasteiger partial charge on any atom is -0.433 e. The molecule has 0 bridgehead atoms. The third-order valence-corrected chi connectivity index (χ3v) is 3.96. The fraction of sp³-hybridized carbons (Fsp3) is 0.125. The molecule has 3 aromatic rings. The number of carbonyl (C=O) groups is 1. The quantitative estimate of drug-likeness (QED) is 0.663. The largest absolute Gasteiger partial charge is 0.433 e. The third kappa shape index (κ3) is 4.02. The van der Waals surface area contributed by atoms with Gasteiger partial charge in [-0.25, -0.2) is 4.98 Å². The summed E-state index contributed by atoms with van der Waals surface area (Å²) in [5.41, 5.74) is 1.90. The van der Waals surface area contributed by atoms with E-state index in [9.17, 15) is 13.6 Å². The molecule has 0 unspecified atom stereocenters. The summed E-state index contributed by atoms with van der Waals surface area (Å²) < 4.78 is 29.1. The SMILES string of the molecule is O=C(CSc1nc2ccccc2[nH]1)Nc1ccccc1OC(F)F. The van der Waals surface area contributed by atoms with Crippen LogP contribution in [-0.2, 0) is 4.79 Å². The first-order valence-electron chi connectivity index (χ1n) is 7.03. The van der Waals surface area contributed by atoms with E-state index in [1.807, 2.05) is 24.3 Å². The van der Waals surface area contributed by atoms with E-state index < -0.39 is 6.61 Å². The number of amides is 1. The van der Waals surface area contributed by atoms with Crippen LogP contribution in [0.5, 0.6) is 5.75 Å². The van der Waals surface area contributed by atoms with Crippen molar-refractivity contribution in [1.82, 2.24) is 9.97 Å². The van der Waals surface area contributed by atoms with E-state index in [1.165, 1.54) is 23.9 Å². The van der Waals surface area contributed by atoms with Crippen molar-refractivity contribution in [2.75, 3.05) is 11.1 Å². The standard InChI is InChI=1S/C16H13F2N3O2S/c17-15(18)23-13-8-4-3-7-12(13)19-14(22)9-24-16-20-10-5-1-2-6-11(10)21-16/h1-8,15H,9H2,(H,19,22)(H,20,21). The summed E-state index contributed by atoms with van der Waals surface area (Å²) in [7, 11) is 0. The number of rotatable bonds is 6. The highest BCUT2D eigenvalue weighted by molar-refractivity contribution is 7.99. The number of aromatic amines is 1. The zero-order valence-corrected chi connectivity index (χ0v) is 13.1. The molecular weight excluding hydrogens is 336 g/mol. The molecule has 1 heterocycles. The van der Waals surface area contributed by atoms with Crippen LogP contribution >= 0.6 is 11.8 Å². The molecule has 24 heavy (non-hydrogen) atoms. The lowest BCUT2D eigenvalue weighted by Gasteiger charge is -2.11. The van der Waals surface area contributed by atoms with Gasteiger partial charge in [-0.3, -0.25) is 4.79 Å². The van der Waals surface area contributed by atoms with Gasteiger partial charge >= 0.3 is 6.61 Å². The highest BCUT2D eigenvalue weighted by atomic mass is 32.2. The molecule has 0 radical (unpaired) electrons. The number of thioether (sulfide) groups is 1. The number of halogens is 2. The number of anilines is 1. The fourth-order valence-electron chi connectivity index (χ4n) is 2.09. The number of nitrogens with one attached hydrogen (secondary N) is 2. The molecule has 3 rings (SSSR count). The first kappa shape index (κ1) is 16.3. The number of nitrogens with zero attached hydrogens (tertiary/aromatic N) is 1. The van der Waals surface area contributed by atoms with Crippen LogP contribution in [0.1, 0.15) is 0 Å². The van der Waals surface area contributed by atoms with Gasteiger partial charge in [0.15, 0.2) is 5.16 Å². The number of H-pyrrole nitrogens is 1. The molecule has 0 spiro atoms. The average Bonchev–Trinajstić information content (AvgIpc) is 2.97. The van der Waals surface area contributed by atoms with Crippen molar-refractivity contribution in [2.24, 2.45) is 0 Å². The van der Waals surface area contributed by atoms with E-state index >= 15 is 0 Å². The Morgan fingerprint density at radius 1 is 1.21 bits per heavy atom.